The maximum absolute atomic E-state index is 11.5. The van der Waals surface area contributed by atoms with Crippen molar-refractivity contribution in [3.05, 3.63) is 45.4 Å². The van der Waals surface area contributed by atoms with Crippen LogP contribution in [0.5, 0.6) is 0 Å². The van der Waals surface area contributed by atoms with Gasteiger partial charge < -0.3 is 10.6 Å². The van der Waals surface area contributed by atoms with Gasteiger partial charge in [0.15, 0.2) is 0 Å². The summed E-state index contributed by atoms with van der Waals surface area (Å²) in [5.41, 5.74) is 2.00. The fourth-order valence-corrected chi connectivity index (χ4v) is 2.63. The maximum atomic E-state index is 11.5. The Kier molecular flexibility index (Phi) is 5.38. The second kappa shape index (κ2) is 7.26. The topological polar surface area (TPSA) is 54.0 Å². The minimum absolute atomic E-state index is 0.0469. The number of nitrogens with zero attached hydrogens (tertiary/aromatic N) is 1. The second-order valence-corrected chi connectivity index (χ2v) is 5.99. The molecule has 4 nitrogen and oxygen atoms in total. The summed E-state index contributed by atoms with van der Waals surface area (Å²) >= 11 is 7.29. The van der Waals surface area contributed by atoms with Crippen molar-refractivity contribution >= 4 is 34.5 Å². The van der Waals surface area contributed by atoms with Gasteiger partial charge in [-0.1, -0.05) is 23.7 Å². The molecule has 0 aliphatic carbocycles. The van der Waals surface area contributed by atoms with Gasteiger partial charge in [0, 0.05) is 12.2 Å². The summed E-state index contributed by atoms with van der Waals surface area (Å²) in [7, 11) is 0. The van der Waals surface area contributed by atoms with E-state index >= 15 is 0 Å². The van der Waals surface area contributed by atoms with Gasteiger partial charge in [0.25, 0.3) is 0 Å². The number of carbonyl (C=O) groups excluding carboxylic acids is 1. The molecule has 0 atom stereocenters. The van der Waals surface area contributed by atoms with Crippen molar-refractivity contribution < 1.29 is 4.79 Å². The van der Waals surface area contributed by atoms with Gasteiger partial charge in [-0.15, -0.1) is 11.3 Å². The minimum Gasteiger partial charge on any atom is -0.379 e. The zero-order valence-electron chi connectivity index (χ0n) is 11.1. The summed E-state index contributed by atoms with van der Waals surface area (Å²) in [4.78, 5) is 15.6. The third-order valence-electron chi connectivity index (χ3n) is 2.66. The normalized spacial score (nSPS) is 10.3. The summed E-state index contributed by atoms with van der Waals surface area (Å²) in [5.74, 6) is 0.0469. The molecule has 0 bridgehead atoms. The highest BCUT2D eigenvalue weighted by Gasteiger charge is 2.03. The first kappa shape index (κ1) is 14.8. The van der Waals surface area contributed by atoms with Crippen LogP contribution in [0.15, 0.2) is 30.5 Å². The predicted octanol–water partition coefficient (Wildman–Crippen LogP) is 3.09. The number of nitrogens with one attached hydrogen (secondary N) is 2. The lowest BCUT2D eigenvalue weighted by atomic mass is 10.1. The molecule has 1 aromatic carbocycles. The van der Waals surface area contributed by atoms with Crippen molar-refractivity contribution in [2.75, 3.05) is 11.9 Å². The molecule has 0 spiro atoms. The average molecular weight is 310 g/mol. The Bertz CT molecular complexity index is 568. The zero-order chi connectivity index (χ0) is 14.4. The van der Waals surface area contributed by atoms with E-state index in [1.165, 1.54) is 11.3 Å². The molecular formula is C14H16ClN3OS. The molecule has 0 unspecified atom stereocenters. The van der Waals surface area contributed by atoms with Crippen LogP contribution in [0.1, 0.15) is 17.5 Å². The van der Waals surface area contributed by atoms with Gasteiger partial charge in [-0.3, -0.25) is 4.79 Å². The molecule has 2 aromatic rings. The molecule has 0 aliphatic rings. The molecule has 1 heterocycles. The first-order valence-corrected chi connectivity index (χ1v) is 7.56. The summed E-state index contributed by atoms with van der Waals surface area (Å²) in [5, 5.41) is 7.00. The molecule has 0 radical (unpaired) electrons. The molecule has 106 valence electrons. The van der Waals surface area contributed by atoms with Crippen molar-refractivity contribution in [3.63, 3.8) is 0 Å². The number of halogens is 1. The Morgan fingerprint density at radius 2 is 2.10 bits per heavy atom. The average Bonchev–Trinajstić information content (AvgIpc) is 2.84. The number of thiazole rings is 1. The van der Waals surface area contributed by atoms with Crippen LogP contribution in [0.3, 0.4) is 0 Å². The molecule has 0 saturated carbocycles. The molecule has 1 amide bonds. The van der Waals surface area contributed by atoms with E-state index < -0.39 is 0 Å². The van der Waals surface area contributed by atoms with Gasteiger partial charge in [0.2, 0.25) is 5.91 Å². The Hall–Kier alpha value is -1.59. The van der Waals surface area contributed by atoms with Crippen molar-refractivity contribution in [1.82, 2.24) is 10.3 Å². The number of hydrogen-bond donors (Lipinski definition) is 2. The summed E-state index contributed by atoms with van der Waals surface area (Å²) in [6, 6.07) is 7.83. The van der Waals surface area contributed by atoms with Crippen LogP contribution in [-0.4, -0.2) is 17.4 Å². The number of carbonyl (C=O) groups is 1. The second-order valence-electron chi connectivity index (χ2n) is 4.24. The van der Waals surface area contributed by atoms with Crippen LogP contribution in [0.25, 0.3) is 0 Å². The van der Waals surface area contributed by atoms with Crippen LogP contribution in [0.2, 0.25) is 4.34 Å². The summed E-state index contributed by atoms with van der Waals surface area (Å²) in [6.45, 7) is 3.22. The summed E-state index contributed by atoms with van der Waals surface area (Å²) < 4.78 is 0.694. The lowest BCUT2D eigenvalue weighted by molar-refractivity contribution is -0.120. The Balaban J connectivity index is 1.86. The number of likely N-dealkylation sites (N-methyl/N-ethyl adjacent to an activating group) is 1. The van der Waals surface area contributed by atoms with Gasteiger partial charge in [-0.2, -0.15) is 0 Å². The maximum Gasteiger partial charge on any atom is 0.224 e. The van der Waals surface area contributed by atoms with Crippen LogP contribution in [-0.2, 0) is 17.8 Å². The van der Waals surface area contributed by atoms with Gasteiger partial charge in [-0.25, -0.2) is 4.98 Å². The standard InChI is InChI=1S/C14H16ClN3OS/c1-2-16-13(19)7-10-3-5-11(6-4-10)17-9-14-18-8-12(15)20-14/h3-6,8,17H,2,7,9H2,1H3,(H,16,19). The van der Waals surface area contributed by atoms with E-state index in [1.54, 1.807) is 6.20 Å². The van der Waals surface area contributed by atoms with E-state index in [1.807, 2.05) is 31.2 Å². The van der Waals surface area contributed by atoms with E-state index in [0.29, 0.717) is 23.8 Å². The van der Waals surface area contributed by atoms with Crippen LogP contribution in [0, 0.1) is 0 Å². The molecule has 1 aromatic heterocycles. The zero-order valence-corrected chi connectivity index (χ0v) is 12.7. The number of anilines is 1. The van der Waals surface area contributed by atoms with Gasteiger partial charge in [0.1, 0.15) is 9.34 Å². The number of amides is 1. The van der Waals surface area contributed by atoms with Gasteiger partial charge >= 0.3 is 0 Å². The molecular weight excluding hydrogens is 294 g/mol. The fraction of sp³-hybridized carbons (Fsp3) is 0.286. The molecule has 6 heteroatoms. The fourth-order valence-electron chi connectivity index (χ4n) is 1.73. The minimum atomic E-state index is 0.0469. The monoisotopic (exact) mass is 309 g/mol. The van der Waals surface area contributed by atoms with E-state index in [0.717, 1.165) is 16.3 Å². The number of benzene rings is 1. The predicted molar refractivity (Wildman–Crippen MR) is 83.3 cm³/mol. The van der Waals surface area contributed by atoms with Crippen LogP contribution >= 0.6 is 22.9 Å². The quantitative estimate of drug-likeness (QED) is 0.862. The molecule has 0 fully saturated rings. The van der Waals surface area contributed by atoms with Crippen molar-refractivity contribution in [3.8, 4) is 0 Å². The van der Waals surface area contributed by atoms with Crippen molar-refractivity contribution in [1.29, 1.82) is 0 Å². The Morgan fingerprint density at radius 3 is 2.70 bits per heavy atom. The van der Waals surface area contributed by atoms with Gasteiger partial charge in [0.05, 0.1) is 19.2 Å². The molecule has 0 aliphatic heterocycles. The first-order valence-electron chi connectivity index (χ1n) is 6.37. The molecule has 2 N–H and O–H groups in total. The SMILES string of the molecule is CCNC(=O)Cc1ccc(NCc2ncc(Cl)s2)cc1. The first-order chi connectivity index (χ1) is 9.67. The van der Waals surface area contributed by atoms with E-state index in [9.17, 15) is 4.79 Å². The largest absolute Gasteiger partial charge is 0.379 e. The third kappa shape index (κ3) is 4.51. The summed E-state index contributed by atoms with van der Waals surface area (Å²) in [6.07, 6.45) is 2.06. The molecule has 0 saturated heterocycles. The lowest BCUT2D eigenvalue weighted by Gasteiger charge is -2.06. The van der Waals surface area contributed by atoms with E-state index in [-0.39, 0.29) is 5.91 Å². The number of aromatic nitrogens is 1. The molecule has 20 heavy (non-hydrogen) atoms. The third-order valence-corrected chi connectivity index (χ3v) is 3.78. The van der Waals surface area contributed by atoms with Crippen molar-refractivity contribution in [2.24, 2.45) is 0 Å². The van der Waals surface area contributed by atoms with Crippen LogP contribution < -0.4 is 10.6 Å². The highest BCUT2D eigenvalue weighted by molar-refractivity contribution is 7.15. The Labute approximate surface area is 127 Å². The van der Waals surface area contributed by atoms with E-state index in [2.05, 4.69) is 15.6 Å². The molecule has 2 rings (SSSR count). The van der Waals surface area contributed by atoms with Gasteiger partial charge in [-0.05, 0) is 24.6 Å². The van der Waals surface area contributed by atoms with E-state index in [4.69, 9.17) is 11.6 Å². The number of hydrogen-bond acceptors (Lipinski definition) is 4. The highest BCUT2D eigenvalue weighted by Crippen LogP contribution is 2.19. The lowest BCUT2D eigenvalue weighted by Crippen LogP contribution is -2.24. The van der Waals surface area contributed by atoms with Crippen molar-refractivity contribution in [2.45, 2.75) is 19.9 Å². The number of rotatable bonds is 6. The smallest absolute Gasteiger partial charge is 0.224 e. The van der Waals surface area contributed by atoms with Crippen LogP contribution in [0.4, 0.5) is 5.69 Å². The highest BCUT2D eigenvalue weighted by atomic mass is 35.5. The Morgan fingerprint density at radius 1 is 1.35 bits per heavy atom.